The number of hydrogen-bond donors (Lipinski definition) is 0. The molecule has 1 heterocycles. The highest BCUT2D eigenvalue weighted by Crippen LogP contribution is 2.42. The van der Waals surface area contributed by atoms with Crippen LogP contribution in [0.4, 0.5) is 4.39 Å². The molecule has 3 aromatic rings. The quantitative estimate of drug-likeness (QED) is 0.471. The molecule has 6 heteroatoms. The second kappa shape index (κ2) is 7.29. The molecule has 0 radical (unpaired) electrons. The monoisotopic (exact) mass is 383 g/mol. The second-order valence-corrected chi connectivity index (χ2v) is 8.10. The van der Waals surface area contributed by atoms with Crippen molar-refractivity contribution in [2.75, 3.05) is 6.26 Å². The number of carbonyl (C=O) groups is 1. The van der Waals surface area contributed by atoms with E-state index < -0.39 is 17.0 Å². The molecule has 27 heavy (non-hydrogen) atoms. The standard InChI is InChI=1S/C21H18FNO3S/c1-27(25)19-5-3-2-4-14(19)10-15-11-16(22)8-9-17(15)20(24)18-12-23-26-21(18)13-6-7-13/h2-5,8-9,11-13H,6-7,10H2,1H3. The number of hydrogen-bond acceptors (Lipinski definition) is 4. The van der Waals surface area contributed by atoms with E-state index in [1.54, 1.807) is 12.3 Å². The number of rotatable bonds is 6. The smallest absolute Gasteiger partial charge is 0.198 e. The molecule has 1 saturated carbocycles. The SMILES string of the molecule is C[S+]([O-])c1ccccc1Cc1cc(F)ccc1C(=O)c1cnoc1C1CC1. The summed E-state index contributed by atoms with van der Waals surface area (Å²) in [6, 6.07) is 11.5. The van der Waals surface area contributed by atoms with Gasteiger partial charge in [0.15, 0.2) is 16.4 Å². The summed E-state index contributed by atoms with van der Waals surface area (Å²) >= 11 is -1.17. The highest BCUT2D eigenvalue weighted by Gasteiger charge is 2.33. The summed E-state index contributed by atoms with van der Waals surface area (Å²) < 4.78 is 31.2. The largest absolute Gasteiger partial charge is 0.612 e. The zero-order valence-electron chi connectivity index (χ0n) is 14.8. The maximum Gasteiger partial charge on any atom is 0.198 e. The fraction of sp³-hybridized carbons (Fsp3) is 0.238. The molecule has 0 spiro atoms. The van der Waals surface area contributed by atoms with Crippen molar-refractivity contribution in [2.45, 2.75) is 30.1 Å². The average Bonchev–Trinajstić information content (AvgIpc) is 3.38. The molecule has 1 atom stereocenters. The van der Waals surface area contributed by atoms with Gasteiger partial charge in [0.25, 0.3) is 0 Å². The van der Waals surface area contributed by atoms with E-state index in [4.69, 9.17) is 4.52 Å². The van der Waals surface area contributed by atoms with Crippen LogP contribution in [0.2, 0.25) is 0 Å². The summed E-state index contributed by atoms with van der Waals surface area (Å²) in [5, 5.41) is 3.79. The summed E-state index contributed by atoms with van der Waals surface area (Å²) in [5.41, 5.74) is 2.22. The first-order valence-electron chi connectivity index (χ1n) is 8.73. The number of benzene rings is 2. The van der Waals surface area contributed by atoms with Gasteiger partial charge in [-0.25, -0.2) is 4.39 Å². The van der Waals surface area contributed by atoms with Crippen LogP contribution in [0.3, 0.4) is 0 Å². The zero-order valence-corrected chi connectivity index (χ0v) is 15.6. The van der Waals surface area contributed by atoms with E-state index in [1.807, 2.05) is 18.2 Å². The van der Waals surface area contributed by atoms with Gasteiger partial charge in [-0.05, 0) is 53.8 Å². The van der Waals surface area contributed by atoms with Gasteiger partial charge in [-0.2, -0.15) is 0 Å². The van der Waals surface area contributed by atoms with E-state index in [-0.39, 0.29) is 11.7 Å². The van der Waals surface area contributed by atoms with E-state index >= 15 is 0 Å². The zero-order chi connectivity index (χ0) is 19.0. The molecule has 4 rings (SSSR count). The number of aromatic nitrogens is 1. The Labute approximate surface area is 159 Å². The maximum absolute atomic E-state index is 13.9. The van der Waals surface area contributed by atoms with Crippen LogP contribution < -0.4 is 0 Å². The fourth-order valence-electron chi connectivity index (χ4n) is 3.27. The Morgan fingerprint density at radius 3 is 2.74 bits per heavy atom. The maximum atomic E-state index is 13.9. The molecule has 1 aliphatic rings. The van der Waals surface area contributed by atoms with Crippen LogP contribution in [0.5, 0.6) is 0 Å². The van der Waals surface area contributed by atoms with Crippen LogP contribution in [-0.4, -0.2) is 21.7 Å². The lowest BCUT2D eigenvalue weighted by Crippen LogP contribution is -2.09. The molecule has 1 aromatic heterocycles. The summed E-state index contributed by atoms with van der Waals surface area (Å²) in [6.07, 6.45) is 5.34. The van der Waals surface area contributed by atoms with Crippen molar-refractivity contribution in [3.8, 4) is 0 Å². The van der Waals surface area contributed by atoms with E-state index in [9.17, 15) is 13.7 Å². The predicted octanol–water partition coefficient (Wildman–Crippen LogP) is 4.25. The normalized spacial score (nSPS) is 14.9. The van der Waals surface area contributed by atoms with Crippen LogP contribution in [0.25, 0.3) is 0 Å². The Bertz CT molecular complexity index is 995. The van der Waals surface area contributed by atoms with Gasteiger partial charge in [0.1, 0.15) is 12.1 Å². The Morgan fingerprint density at radius 2 is 2.00 bits per heavy atom. The molecule has 0 aliphatic heterocycles. The average molecular weight is 383 g/mol. The highest BCUT2D eigenvalue weighted by atomic mass is 32.2. The van der Waals surface area contributed by atoms with Gasteiger partial charge < -0.3 is 9.08 Å². The lowest BCUT2D eigenvalue weighted by atomic mass is 9.94. The molecule has 1 aliphatic carbocycles. The van der Waals surface area contributed by atoms with E-state index in [2.05, 4.69) is 5.16 Å². The number of nitrogens with zero attached hydrogens (tertiary/aromatic N) is 1. The molecule has 1 unspecified atom stereocenters. The Morgan fingerprint density at radius 1 is 1.22 bits per heavy atom. The van der Waals surface area contributed by atoms with Crippen molar-refractivity contribution in [1.82, 2.24) is 5.16 Å². The Balaban J connectivity index is 1.73. The van der Waals surface area contributed by atoms with Gasteiger partial charge in [-0.1, -0.05) is 23.4 Å². The van der Waals surface area contributed by atoms with Crippen LogP contribution in [0, 0.1) is 5.82 Å². The first-order chi connectivity index (χ1) is 13.0. The molecule has 138 valence electrons. The topological polar surface area (TPSA) is 66.2 Å². The van der Waals surface area contributed by atoms with Crippen molar-refractivity contribution in [3.05, 3.63) is 82.5 Å². The predicted molar refractivity (Wildman–Crippen MR) is 99.9 cm³/mol. The third-order valence-corrected chi connectivity index (χ3v) is 5.78. The minimum absolute atomic E-state index is 0.219. The van der Waals surface area contributed by atoms with Crippen molar-refractivity contribution >= 4 is 17.0 Å². The first-order valence-corrected chi connectivity index (χ1v) is 10.3. The second-order valence-electron chi connectivity index (χ2n) is 6.75. The third kappa shape index (κ3) is 3.68. The van der Waals surface area contributed by atoms with Gasteiger partial charge in [0, 0.05) is 23.5 Å². The van der Waals surface area contributed by atoms with Crippen LogP contribution in [0.1, 0.15) is 51.6 Å². The van der Waals surface area contributed by atoms with Crippen molar-refractivity contribution < 1.29 is 18.3 Å². The molecule has 0 saturated heterocycles. The van der Waals surface area contributed by atoms with E-state index in [1.165, 1.54) is 24.4 Å². The lowest BCUT2D eigenvalue weighted by Gasteiger charge is -2.13. The Kier molecular flexibility index (Phi) is 4.85. The molecule has 2 aromatic carbocycles. The highest BCUT2D eigenvalue weighted by molar-refractivity contribution is 7.90. The molecule has 0 bridgehead atoms. The summed E-state index contributed by atoms with van der Waals surface area (Å²) in [5.74, 6) is 0.233. The number of ketones is 1. The molecule has 4 nitrogen and oxygen atoms in total. The summed E-state index contributed by atoms with van der Waals surface area (Å²) in [6.45, 7) is 0. The van der Waals surface area contributed by atoms with Crippen LogP contribution in [-0.2, 0) is 17.6 Å². The van der Waals surface area contributed by atoms with Gasteiger partial charge in [0.05, 0.1) is 11.8 Å². The molecular formula is C21H18FNO3S. The summed E-state index contributed by atoms with van der Waals surface area (Å²) in [4.78, 5) is 13.8. The molecule has 0 N–H and O–H groups in total. The van der Waals surface area contributed by atoms with Crippen molar-refractivity contribution in [3.63, 3.8) is 0 Å². The number of halogens is 1. The van der Waals surface area contributed by atoms with Crippen molar-refractivity contribution in [1.29, 1.82) is 0 Å². The minimum atomic E-state index is -1.17. The minimum Gasteiger partial charge on any atom is -0.612 e. The van der Waals surface area contributed by atoms with Gasteiger partial charge in [-0.3, -0.25) is 4.79 Å². The van der Waals surface area contributed by atoms with Gasteiger partial charge in [0.2, 0.25) is 0 Å². The van der Waals surface area contributed by atoms with Crippen LogP contribution in [0.15, 0.2) is 58.1 Å². The molecule has 1 fully saturated rings. The fourth-order valence-corrected chi connectivity index (χ4v) is 4.05. The van der Waals surface area contributed by atoms with E-state index in [0.29, 0.717) is 33.8 Å². The molecular weight excluding hydrogens is 365 g/mol. The van der Waals surface area contributed by atoms with Crippen LogP contribution >= 0.6 is 0 Å². The summed E-state index contributed by atoms with van der Waals surface area (Å²) in [7, 11) is 0. The van der Waals surface area contributed by atoms with Gasteiger partial charge >= 0.3 is 0 Å². The number of carbonyl (C=O) groups excluding carboxylic acids is 1. The third-order valence-electron chi connectivity index (χ3n) is 4.77. The Hall–Kier alpha value is -2.44. The molecule has 0 amide bonds. The van der Waals surface area contributed by atoms with Crippen molar-refractivity contribution in [2.24, 2.45) is 0 Å². The first kappa shape index (κ1) is 17.9. The van der Waals surface area contributed by atoms with Gasteiger partial charge in [-0.15, -0.1) is 0 Å². The van der Waals surface area contributed by atoms with E-state index in [0.717, 1.165) is 18.4 Å². The lowest BCUT2D eigenvalue weighted by molar-refractivity contribution is 0.103.